The fourth-order valence-corrected chi connectivity index (χ4v) is 2.91. The van der Waals surface area contributed by atoms with Crippen molar-refractivity contribution in [2.45, 2.75) is 44.7 Å². The van der Waals surface area contributed by atoms with Gasteiger partial charge in [-0.3, -0.25) is 0 Å². The van der Waals surface area contributed by atoms with Gasteiger partial charge in [-0.2, -0.15) is 0 Å². The summed E-state index contributed by atoms with van der Waals surface area (Å²) in [5.74, 6) is -0.256. The summed E-state index contributed by atoms with van der Waals surface area (Å²) < 4.78 is 14.0. The Morgan fingerprint density at radius 1 is 1.42 bits per heavy atom. The van der Waals surface area contributed by atoms with Crippen molar-refractivity contribution >= 4 is 5.69 Å². The summed E-state index contributed by atoms with van der Waals surface area (Å²) in [6.07, 6.45) is 4.30. The highest BCUT2D eigenvalue weighted by molar-refractivity contribution is 5.56. The van der Waals surface area contributed by atoms with E-state index in [4.69, 9.17) is 5.73 Å². The number of aliphatic hydroxyl groups excluding tert-OH is 1. The Morgan fingerprint density at radius 3 is 2.89 bits per heavy atom. The van der Waals surface area contributed by atoms with Crippen molar-refractivity contribution in [1.29, 1.82) is 0 Å². The molecule has 2 rings (SSSR count). The minimum absolute atomic E-state index is 0.0711. The van der Waals surface area contributed by atoms with Crippen molar-refractivity contribution < 1.29 is 9.50 Å². The second-order valence-corrected chi connectivity index (χ2v) is 5.34. The van der Waals surface area contributed by atoms with Gasteiger partial charge in [-0.1, -0.05) is 18.9 Å². The molecule has 1 unspecified atom stereocenters. The van der Waals surface area contributed by atoms with Crippen molar-refractivity contribution in [3.8, 4) is 0 Å². The van der Waals surface area contributed by atoms with Gasteiger partial charge in [-0.05, 0) is 31.9 Å². The summed E-state index contributed by atoms with van der Waals surface area (Å²) >= 11 is 0. The Hall–Kier alpha value is -1.13. The minimum atomic E-state index is -0.348. The first-order valence-electron chi connectivity index (χ1n) is 7.06. The number of halogens is 1. The van der Waals surface area contributed by atoms with E-state index in [1.54, 1.807) is 13.0 Å². The Bertz CT molecular complexity index is 423. The average molecular weight is 266 g/mol. The molecule has 0 saturated carbocycles. The van der Waals surface area contributed by atoms with Crippen LogP contribution in [0, 0.1) is 5.82 Å². The van der Waals surface area contributed by atoms with Gasteiger partial charge in [-0.25, -0.2) is 4.39 Å². The van der Waals surface area contributed by atoms with Crippen LogP contribution in [0.1, 0.15) is 44.2 Å². The Labute approximate surface area is 114 Å². The van der Waals surface area contributed by atoms with Gasteiger partial charge >= 0.3 is 0 Å². The topological polar surface area (TPSA) is 49.5 Å². The van der Waals surface area contributed by atoms with E-state index in [0.717, 1.165) is 37.9 Å². The molecule has 1 aromatic rings. The summed E-state index contributed by atoms with van der Waals surface area (Å²) in [6.45, 7) is 2.76. The lowest BCUT2D eigenvalue weighted by atomic mass is 10.0. The van der Waals surface area contributed by atoms with Gasteiger partial charge < -0.3 is 15.7 Å². The van der Waals surface area contributed by atoms with Crippen LogP contribution in [-0.2, 0) is 0 Å². The highest BCUT2D eigenvalue weighted by Crippen LogP contribution is 2.31. The molecule has 0 aliphatic carbocycles. The first-order chi connectivity index (χ1) is 9.15. The molecule has 0 bridgehead atoms. The van der Waals surface area contributed by atoms with Gasteiger partial charge in [0.25, 0.3) is 0 Å². The molecule has 3 nitrogen and oxygen atoms in total. The van der Waals surface area contributed by atoms with Crippen LogP contribution in [0.15, 0.2) is 18.2 Å². The number of hydrogen-bond acceptors (Lipinski definition) is 3. The fraction of sp³-hybridized carbons (Fsp3) is 0.600. The van der Waals surface area contributed by atoms with E-state index in [1.807, 2.05) is 6.07 Å². The van der Waals surface area contributed by atoms with Crippen LogP contribution >= 0.6 is 0 Å². The Balaban J connectivity index is 2.40. The van der Waals surface area contributed by atoms with Gasteiger partial charge in [0.05, 0.1) is 12.6 Å². The Morgan fingerprint density at radius 2 is 2.21 bits per heavy atom. The average Bonchev–Trinajstić information content (AvgIpc) is 2.62. The van der Waals surface area contributed by atoms with E-state index in [-0.39, 0.29) is 24.5 Å². The zero-order valence-corrected chi connectivity index (χ0v) is 11.5. The smallest absolute Gasteiger partial charge is 0.130 e. The zero-order valence-electron chi connectivity index (χ0n) is 11.5. The molecule has 1 aromatic carbocycles. The molecule has 1 heterocycles. The van der Waals surface area contributed by atoms with E-state index in [0.29, 0.717) is 5.56 Å². The molecular weight excluding hydrogens is 243 g/mol. The number of rotatable bonds is 3. The molecule has 0 radical (unpaired) electrons. The summed E-state index contributed by atoms with van der Waals surface area (Å²) in [6, 6.07) is 4.81. The molecule has 0 spiro atoms. The van der Waals surface area contributed by atoms with Crippen LogP contribution in [0.3, 0.4) is 0 Å². The number of nitrogens with two attached hydrogens (primary N) is 1. The number of aliphatic hydroxyl groups is 1. The van der Waals surface area contributed by atoms with E-state index in [1.165, 1.54) is 6.07 Å². The molecule has 1 aliphatic heterocycles. The fourth-order valence-electron chi connectivity index (χ4n) is 2.91. The molecule has 3 N–H and O–H groups in total. The Kier molecular flexibility index (Phi) is 4.77. The van der Waals surface area contributed by atoms with Crippen LogP contribution in [0.25, 0.3) is 0 Å². The minimum Gasteiger partial charge on any atom is -0.394 e. The molecule has 106 valence electrons. The van der Waals surface area contributed by atoms with Gasteiger partial charge in [0.15, 0.2) is 0 Å². The lowest BCUT2D eigenvalue weighted by Crippen LogP contribution is -2.38. The van der Waals surface area contributed by atoms with Crippen LogP contribution in [0.4, 0.5) is 10.1 Å². The second kappa shape index (κ2) is 6.35. The third-order valence-electron chi connectivity index (χ3n) is 3.88. The van der Waals surface area contributed by atoms with Crippen molar-refractivity contribution in [3.05, 3.63) is 29.6 Å². The summed E-state index contributed by atoms with van der Waals surface area (Å²) in [7, 11) is 0. The SMILES string of the molecule is C[C@H](N)c1c(F)cccc1N1CCCCCC1CO. The lowest BCUT2D eigenvalue weighted by molar-refractivity contribution is 0.255. The lowest BCUT2D eigenvalue weighted by Gasteiger charge is -2.33. The van der Waals surface area contributed by atoms with Crippen LogP contribution in [-0.4, -0.2) is 24.3 Å². The third-order valence-corrected chi connectivity index (χ3v) is 3.88. The first-order valence-corrected chi connectivity index (χ1v) is 7.06. The highest BCUT2D eigenvalue weighted by Gasteiger charge is 2.24. The second-order valence-electron chi connectivity index (χ2n) is 5.34. The maximum absolute atomic E-state index is 14.0. The largest absolute Gasteiger partial charge is 0.394 e. The maximum atomic E-state index is 14.0. The summed E-state index contributed by atoms with van der Waals surface area (Å²) in [4.78, 5) is 2.13. The predicted octanol–water partition coefficient (Wildman–Crippen LogP) is 2.59. The normalized spacial score (nSPS) is 22.1. The molecule has 19 heavy (non-hydrogen) atoms. The van der Waals surface area contributed by atoms with E-state index >= 15 is 0 Å². The van der Waals surface area contributed by atoms with Crippen molar-refractivity contribution in [1.82, 2.24) is 0 Å². The zero-order chi connectivity index (χ0) is 13.8. The molecule has 2 atom stereocenters. The van der Waals surface area contributed by atoms with Gasteiger partial charge in [0, 0.05) is 23.8 Å². The van der Waals surface area contributed by atoms with E-state index < -0.39 is 0 Å². The van der Waals surface area contributed by atoms with Gasteiger partial charge in [0.2, 0.25) is 0 Å². The molecular formula is C15H23FN2O. The van der Waals surface area contributed by atoms with Crippen molar-refractivity contribution in [3.63, 3.8) is 0 Å². The molecule has 0 aromatic heterocycles. The number of anilines is 1. The highest BCUT2D eigenvalue weighted by atomic mass is 19.1. The summed E-state index contributed by atoms with van der Waals surface area (Å²) in [5, 5.41) is 9.58. The monoisotopic (exact) mass is 266 g/mol. The third kappa shape index (κ3) is 3.07. The van der Waals surface area contributed by atoms with Crippen molar-refractivity contribution in [2.75, 3.05) is 18.1 Å². The van der Waals surface area contributed by atoms with E-state index in [2.05, 4.69) is 4.90 Å². The molecule has 1 fully saturated rings. The molecule has 1 saturated heterocycles. The van der Waals surface area contributed by atoms with Gasteiger partial charge in [0.1, 0.15) is 5.82 Å². The quantitative estimate of drug-likeness (QED) is 0.884. The maximum Gasteiger partial charge on any atom is 0.130 e. The number of hydrogen-bond donors (Lipinski definition) is 2. The van der Waals surface area contributed by atoms with E-state index in [9.17, 15) is 9.50 Å². The first kappa shape index (κ1) is 14.3. The standard InChI is InChI=1S/C15H23FN2O/c1-11(17)15-13(16)7-5-8-14(15)18-9-4-2-3-6-12(18)10-19/h5,7-8,11-12,19H,2-4,6,9-10,17H2,1H3/t11-,12?/m0/s1. The predicted molar refractivity (Wildman–Crippen MR) is 75.7 cm³/mol. The summed E-state index contributed by atoms with van der Waals surface area (Å²) in [5.41, 5.74) is 7.32. The number of benzene rings is 1. The molecule has 4 heteroatoms. The van der Waals surface area contributed by atoms with Crippen LogP contribution in [0.5, 0.6) is 0 Å². The van der Waals surface area contributed by atoms with Crippen LogP contribution in [0.2, 0.25) is 0 Å². The van der Waals surface area contributed by atoms with Gasteiger partial charge in [-0.15, -0.1) is 0 Å². The van der Waals surface area contributed by atoms with Crippen LogP contribution < -0.4 is 10.6 Å². The van der Waals surface area contributed by atoms with Crippen molar-refractivity contribution in [2.24, 2.45) is 5.73 Å². The molecule has 0 amide bonds. The molecule has 1 aliphatic rings. The number of nitrogens with zero attached hydrogens (tertiary/aromatic N) is 1.